The van der Waals surface area contributed by atoms with E-state index in [1.165, 1.54) is 0 Å². The molecule has 3 rings (SSSR count). The van der Waals surface area contributed by atoms with Gasteiger partial charge in [-0.2, -0.15) is 0 Å². The molecule has 8 heteroatoms. The van der Waals surface area contributed by atoms with Gasteiger partial charge < -0.3 is 10.6 Å². The van der Waals surface area contributed by atoms with Crippen molar-refractivity contribution in [2.75, 3.05) is 11.9 Å². The van der Waals surface area contributed by atoms with E-state index < -0.39 is 0 Å². The summed E-state index contributed by atoms with van der Waals surface area (Å²) in [6, 6.07) is 10.7. The van der Waals surface area contributed by atoms with Gasteiger partial charge in [-0.25, -0.2) is 4.68 Å². The predicted molar refractivity (Wildman–Crippen MR) is 103 cm³/mol. The smallest absolute Gasteiger partial charge is 0.251 e. The van der Waals surface area contributed by atoms with Crippen molar-refractivity contribution in [1.82, 2.24) is 20.3 Å². The van der Waals surface area contributed by atoms with Crippen molar-refractivity contribution in [3.05, 3.63) is 52.0 Å². The number of amides is 2. The maximum absolute atomic E-state index is 12.3. The fourth-order valence-corrected chi connectivity index (χ4v) is 3.05. The molecule has 0 bridgehead atoms. The average Bonchev–Trinajstić information content (AvgIpc) is 3.04. The lowest BCUT2D eigenvalue weighted by Gasteiger charge is -2.09. The fraction of sp³-hybridized carbons (Fsp3) is 0.222. The first-order valence-corrected chi connectivity index (χ1v) is 8.94. The van der Waals surface area contributed by atoms with E-state index in [0.29, 0.717) is 23.3 Å². The van der Waals surface area contributed by atoms with Gasteiger partial charge in [-0.15, -0.1) is 5.10 Å². The highest BCUT2D eigenvalue weighted by molar-refractivity contribution is 9.10. The topological polar surface area (TPSA) is 88.9 Å². The van der Waals surface area contributed by atoms with Crippen molar-refractivity contribution >= 4 is 44.5 Å². The molecule has 0 radical (unpaired) electrons. The summed E-state index contributed by atoms with van der Waals surface area (Å²) < 4.78 is 2.70. The van der Waals surface area contributed by atoms with E-state index in [0.717, 1.165) is 15.6 Å². The van der Waals surface area contributed by atoms with E-state index in [1.54, 1.807) is 22.9 Å². The zero-order valence-electron chi connectivity index (χ0n) is 14.4. The molecule has 26 heavy (non-hydrogen) atoms. The highest BCUT2D eigenvalue weighted by Gasteiger charge is 2.12. The maximum Gasteiger partial charge on any atom is 0.251 e. The third-order valence-electron chi connectivity index (χ3n) is 3.95. The molecule has 3 aromatic rings. The van der Waals surface area contributed by atoms with Gasteiger partial charge in [-0.3, -0.25) is 9.59 Å². The molecule has 0 atom stereocenters. The zero-order valence-corrected chi connectivity index (χ0v) is 16.0. The van der Waals surface area contributed by atoms with Crippen molar-refractivity contribution in [2.24, 2.45) is 0 Å². The molecule has 2 N–H and O–H groups in total. The van der Waals surface area contributed by atoms with Gasteiger partial charge in [0, 0.05) is 22.3 Å². The number of halogens is 1. The van der Waals surface area contributed by atoms with Gasteiger partial charge in [0.15, 0.2) is 0 Å². The lowest BCUT2D eigenvalue weighted by atomic mass is 10.2. The van der Waals surface area contributed by atoms with Crippen LogP contribution in [0.15, 0.2) is 40.9 Å². The quantitative estimate of drug-likeness (QED) is 0.670. The van der Waals surface area contributed by atoms with Gasteiger partial charge in [0.1, 0.15) is 5.52 Å². The Kier molecular flexibility index (Phi) is 5.32. The van der Waals surface area contributed by atoms with E-state index in [9.17, 15) is 9.59 Å². The molecule has 0 aliphatic carbocycles. The molecule has 134 valence electrons. The summed E-state index contributed by atoms with van der Waals surface area (Å²) in [7, 11) is 0. The number of carbonyl (C=O) groups is 2. The van der Waals surface area contributed by atoms with Crippen LogP contribution in [0.3, 0.4) is 0 Å². The highest BCUT2D eigenvalue weighted by Crippen LogP contribution is 2.19. The second-order valence-corrected chi connectivity index (χ2v) is 6.71. The molecule has 0 spiro atoms. The molecular formula is C18H18BrN5O2. The number of benzene rings is 2. The number of aryl methyl sites for hydroxylation is 2. The molecule has 0 aliphatic heterocycles. The van der Waals surface area contributed by atoms with Crippen LogP contribution in [0.25, 0.3) is 11.0 Å². The molecule has 0 saturated heterocycles. The highest BCUT2D eigenvalue weighted by atomic mass is 79.9. The number of hydrogen-bond acceptors (Lipinski definition) is 4. The Morgan fingerprint density at radius 2 is 2.00 bits per heavy atom. The lowest BCUT2D eigenvalue weighted by Crippen LogP contribution is -2.33. The second-order valence-electron chi connectivity index (χ2n) is 5.80. The molecule has 2 aromatic carbocycles. The molecule has 1 aromatic heterocycles. The first-order chi connectivity index (χ1) is 12.5. The Labute approximate surface area is 158 Å². The minimum atomic E-state index is -0.333. The number of anilines is 1. The predicted octanol–water partition coefficient (Wildman–Crippen LogP) is 2.89. The summed E-state index contributed by atoms with van der Waals surface area (Å²) in [5, 5.41) is 13.5. The van der Waals surface area contributed by atoms with Crippen LogP contribution in [0, 0.1) is 6.92 Å². The van der Waals surface area contributed by atoms with Crippen molar-refractivity contribution < 1.29 is 9.59 Å². The number of aromatic nitrogens is 3. The first-order valence-electron chi connectivity index (χ1n) is 8.15. The van der Waals surface area contributed by atoms with Gasteiger partial charge in [-0.1, -0.05) is 21.1 Å². The first kappa shape index (κ1) is 18.1. The van der Waals surface area contributed by atoms with Gasteiger partial charge in [0.25, 0.3) is 5.91 Å². The Bertz CT molecular complexity index is 983. The van der Waals surface area contributed by atoms with Crippen molar-refractivity contribution in [3.63, 3.8) is 0 Å². The van der Waals surface area contributed by atoms with Gasteiger partial charge in [-0.05, 0) is 55.8 Å². The van der Waals surface area contributed by atoms with Gasteiger partial charge in [0.05, 0.1) is 12.1 Å². The summed E-state index contributed by atoms with van der Waals surface area (Å²) in [6.07, 6.45) is 0. The SMILES string of the molecule is CCn1nnc2cc(C(=O)NCC(=O)Nc3ccc(Br)cc3C)ccc21. The fourth-order valence-electron chi connectivity index (χ4n) is 2.57. The Balaban J connectivity index is 1.62. The molecule has 0 fully saturated rings. The van der Waals surface area contributed by atoms with Crippen LogP contribution in [-0.2, 0) is 11.3 Å². The number of fused-ring (bicyclic) bond motifs is 1. The van der Waals surface area contributed by atoms with Crippen molar-refractivity contribution in [1.29, 1.82) is 0 Å². The molecule has 0 aliphatic rings. The van der Waals surface area contributed by atoms with Crippen molar-refractivity contribution in [3.8, 4) is 0 Å². The summed E-state index contributed by atoms with van der Waals surface area (Å²) in [5.41, 5.74) is 3.60. The second kappa shape index (κ2) is 7.65. The van der Waals surface area contributed by atoms with Gasteiger partial charge >= 0.3 is 0 Å². The molecule has 0 saturated carbocycles. The average molecular weight is 416 g/mol. The number of nitrogens with one attached hydrogen (secondary N) is 2. The van der Waals surface area contributed by atoms with Crippen LogP contribution in [0.4, 0.5) is 5.69 Å². The monoisotopic (exact) mass is 415 g/mol. The third-order valence-corrected chi connectivity index (χ3v) is 4.44. The van der Waals surface area contributed by atoms with Crippen LogP contribution in [-0.4, -0.2) is 33.4 Å². The zero-order chi connectivity index (χ0) is 18.7. The summed E-state index contributed by atoms with van der Waals surface area (Å²) in [6.45, 7) is 4.46. The molecule has 2 amide bonds. The largest absolute Gasteiger partial charge is 0.343 e. The molecular weight excluding hydrogens is 398 g/mol. The Hall–Kier alpha value is -2.74. The number of hydrogen-bond donors (Lipinski definition) is 2. The van der Waals surface area contributed by atoms with Crippen molar-refractivity contribution in [2.45, 2.75) is 20.4 Å². The number of rotatable bonds is 5. The Morgan fingerprint density at radius 1 is 1.19 bits per heavy atom. The van der Waals surface area contributed by atoms with Crippen LogP contribution in [0.5, 0.6) is 0 Å². The molecule has 1 heterocycles. The lowest BCUT2D eigenvalue weighted by molar-refractivity contribution is -0.115. The van der Waals surface area contributed by atoms with E-state index in [2.05, 4.69) is 36.9 Å². The molecule has 7 nitrogen and oxygen atoms in total. The Morgan fingerprint density at radius 3 is 2.73 bits per heavy atom. The van der Waals surface area contributed by atoms with E-state index >= 15 is 0 Å². The standard InChI is InChI=1S/C18H18BrN5O2/c1-3-24-16-7-4-12(9-15(16)22-23-24)18(26)20-10-17(25)21-14-6-5-13(19)8-11(14)2/h4-9H,3,10H2,1-2H3,(H,20,26)(H,21,25). The summed E-state index contributed by atoms with van der Waals surface area (Å²) in [4.78, 5) is 24.4. The van der Waals surface area contributed by atoms with E-state index in [4.69, 9.17) is 0 Å². The third kappa shape index (κ3) is 3.91. The van der Waals surface area contributed by atoms with E-state index in [1.807, 2.05) is 32.0 Å². The maximum atomic E-state index is 12.3. The van der Waals surface area contributed by atoms with Crippen LogP contribution < -0.4 is 10.6 Å². The normalized spacial score (nSPS) is 10.7. The molecule has 0 unspecified atom stereocenters. The van der Waals surface area contributed by atoms with Gasteiger partial charge in [0.2, 0.25) is 5.91 Å². The minimum absolute atomic E-state index is 0.117. The summed E-state index contributed by atoms with van der Waals surface area (Å²) >= 11 is 3.38. The van der Waals surface area contributed by atoms with Crippen LogP contribution in [0.1, 0.15) is 22.8 Å². The van der Waals surface area contributed by atoms with Crippen LogP contribution in [0.2, 0.25) is 0 Å². The summed E-state index contributed by atoms with van der Waals surface area (Å²) in [5.74, 6) is -0.623. The van der Waals surface area contributed by atoms with Crippen LogP contribution >= 0.6 is 15.9 Å². The van der Waals surface area contributed by atoms with E-state index in [-0.39, 0.29) is 18.4 Å². The number of nitrogens with zero attached hydrogens (tertiary/aromatic N) is 3. The number of carbonyl (C=O) groups excluding carboxylic acids is 2. The minimum Gasteiger partial charge on any atom is -0.343 e.